The van der Waals surface area contributed by atoms with Gasteiger partial charge < -0.3 is 25.1 Å². The number of carbonyl (C=O) groups excluding carboxylic acids is 3. The van der Waals surface area contributed by atoms with Crippen LogP contribution in [0.4, 0.5) is 5.69 Å². The first kappa shape index (κ1) is 16.7. The number of aromatic carboxylic acids is 1. The van der Waals surface area contributed by atoms with Crippen LogP contribution >= 0.6 is 0 Å². The molecule has 0 aliphatic heterocycles. The second kappa shape index (κ2) is 8.04. The lowest BCUT2D eigenvalue weighted by Gasteiger charge is -2.16. The number of anilines is 1. The van der Waals surface area contributed by atoms with E-state index in [1.807, 2.05) is 6.92 Å². The number of benzene rings is 1. The van der Waals surface area contributed by atoms with Gasteiger partial charge in [0.15, 0.2) is 0 Å². The van der Waals surface area contributed by atoms with E-state index in [4.69, 9.17) is 0 Å². The van der Waals surface area contributed by atoms with Crippen molar-refractivity contribution in [2.45, 2.75) is 32.6 Å². The van der Waals surface area contributed by atoms with E-state index in [2.05, 4.69) is 5.32 Å². The predicted octanol–water partition coefficient (Wildman–Crippen LogP) is -0.0650. The molecular weight excluding hydrogens is 274 g/mol. The second-order valence-corrected chi connectivity index (χ2v) is 4.76. The zero-order valence-corrected chi connectivity index (χ0v) is 11.8. The normalized spacial score (nSPS) is 11.7. The van der Waals surface area contributed by atoms with Gasteiger partial charge in [0.05, 0.1) is 5.97 Å². The third kappa shape index (κ3) is 5.64. The van der Waals surface area contributed by atoms with Gasteiger partial charge in [-0.25, -0.2) is 0 Å². The third-order valence-corrected chi connectivity index (χ3v) is 3.09. The highest BCUT2D eigenvalue weighted by Crippen LogP contribution is 2.14. The Labute approximate surface area is 122 Å². The minimum absolute atomic E-state index is 0.0213. The van der Waals surface area contributed by atoms with E-state index in [0.29, 0.717) is 18.5 Å². The summed E-state index contributed by atoms with van der Waals surface area (Å²) < 4.78 is 0. The summed E-state index contributed by atoms with van der Waals surface area (Å²) >= 11 is 0. The second-order valence-electron chi connectivity index (χ2n) is 4.76. The largest absolute Gasteiger partial charge is 0.550 e. The Morgan fingerprint density at radius 3 is 2.19 bits per heavy atom. The molecule has 21 heavy (non-hydrogen) atoms. The van der Waals surface area contributed by atoms with E-state index in [0.717, 1.165) is 0 Å². The molecule has 0 aliphatic carbocycles. The summed E-state index contributed by atoms with van der Waals surface area (Å²) in [6.07, 6.45) is 1.49. The number of rotatable bonds is 8. The van der Waals surface area contributed by atoms with Crippen LogP contribution < -0.4 is 15.5 Å². The van der Waals surface area contributed by atoms with E-state index in [9.17, 15) is 24.6 Å². The lowest BCUT2D eigenvalue weighted by molar-refractivity contribution is -0.312. The standard InChI is InChI=1S/C15H19NO5/c1-2-3-10(14(18)19)6-9-13(17)16-12-7-4-11(5-8-12)15(20)21/h4-5,7-8,10H,2-3,6,9H2,1H3,(H,16,17)(H,18,19)(H,20,21)/p-2/t10-/m0/s1. The fourth-order valence-corrected chi connectivity index (χ4v) is 1.95. The molecule has 0 heterocycles. The van der Waals surface area contributed by atoms with Crippen molar-refractivity contribution >= 4 is 23.5 Å². The lowest BCUT2D eigenvalue weighted by Crippen LogP contribution is -2.32. The van der Waals surface area contributed by atoms with Gasteiger partial charge >= 0.3 is 0 Å². The van der Waals surface area contributed by atoms with E-state index >= 15 is 0 Å². The molecule has 1 atom stereocenters. The van der Waals surface area contributed by atoms with Crippen LogP contribution in [0.1, 0.15) is 43.0 Å². The highest BCUT2D eigenvalue weighted by Gasteiger charge is 2.11. The number of hydrogen-bond donors (Lipinski definition) is 1. The van der Waals surface area contributed by atoms with E-state index < -0.39 is 17.9 Å². The summed E-state index contributed by atoms with van der Waals surface area (Å²) in [6, 6.07) is 5.55. The highest BCUT2D eigenvalue weighted by molar-refractivity contribution is 5.92. The molecule has 1 N–H and O–H groups in total. The average Bonchev–Trinajstić information content (AvgIpc) is 2.43. The van der Waals surface area contributed by atoms with Crippen LogP contribution in [-0.2, 0) is 9.59 Å². The average molecular weight is 291 g/mol. The van der Waals surface area contributed by atoms with Crippen LogP contribution in [0.15, 0.2) is 24.3 Å². The molecule has 1 aromatic carbocycles. The SMILES string of the molecule is CCC[C@@H](CCC(=O)Nc1ccc(C(=O)[O-])cc1)C(=O)[O-]. The first-order valence-electron chi connectivity index (χ1n) is 6.76. The van der Waals surface area contributed by atoms with Gasteiger partial charge in [-0.1, -0.05) is 25.5 Å². The van der Waals surface area contributed by atoms with Crippen molar-refractivity contribution in [3.8, 4) is 0 Å². The molecule has 6 nitrogen and oxygen atoms in total. The van der Waals surface area contributed by atoms with Crippen LogP contribution in [0, 0.1) is 5.92 Å². The van der Waals surface area contributed by atoms with Crippen LogP contribution in [0.25, 0.3) is 0 Å². The molecule has 0 aromatic heterocycles. The molecule has 0 spiro atoms. The minimum atomic E-state index is -1.29. The van der Waals surface area contributed by atoms with Gasteiger partial charge in [0.25, 0.3) is 0 Å². The summed E-state index contributed by atoms with van der Waals surface area (Å²) in [4.78, 5) is 33.1. The highest BCUT2D eigenvalue weighted by atomic mass is 16.4. The zero-order chi connectivity index (χ0) is 15.8. The van der Waals surface area contributed by atoms with Crippen LogP contribution in [0.2, 0.25) is 0 Å². The van der Waals surface area contributed by atoms with Gasteiger partial charge in [0, 0.05) is 18.1 Å². The number of hydrogen-bond acceptors (Lipinski definition) is 5. The molecule has 0 radical (unpaired) electrons. The quantitative estimate of drug-likeness (QED) is 0.721. The Morgan fingerprint density at radius 1 is 1.10 bits per heavy atom. The molecule has 0 saturated heterocycles. The number of carbonyl (C=O) groups is 3. The Hall–Kier alpha value is -2.37. The van der Waals surface area contributed by atoms with Crippen molar-refractivity contribution in [2.75, 3.05) is 5.32 Å². The number of carboxylic acids is 2. The maximum Gasteiger partial charge on any atom is 0.224 e. The minimum Gasteiger partial charge on any atom is -0.550 e. The molecule has 0 aliphatic rings. The van der Waals surface area contributed by atoms with Crippen molar-refractivity contribution < 1.29 is 24.6 Å². The van der Waals surface area contributed by atoms with Crippen molar-refractivity contribution in [3.63, 3.8) is 0 Å². The zero-order valence-electron chi connectivity index (χ0n) is 11.8. The Kier molecular flexibility index (Phi) is 6.39. The summed E-state index contributed by atoms with van der Waals surface area (Å²) in [5, 5.41) is 24.0. The Bertz CT molecular complexity index is 509. The van der Waals surface area contributed by atoms with Gasteiger partial charge in [-0.3, -0.25) is 4.79 Å². The van der Waals surface area contributed by atoms with Gasteiger partial charge in [0.2, 0.25) is 5.91 Å². The number of aliphatic carboxylic acids is 1. The maximum absolute atomic E-state index is 11.7. The van der Waals surface area contributed by atoms with Crippen molar-refractivity contribution in [1.82, 2.24) is 0 Å². The molecule has 0 unspecified atom stereocenters. The Balaban J connectivity index is 2.49. The van der Waals surface area contributed by atoms with Crippen LogP contribution in [-0.4, -0.2) is 17.8 Å². The number of amides is 1. The molecular formula is C15H17NO5-2. The van der Waals surface area contributed by atoms with Gasteiger partial charge in [-0.15, -0.1) is 0 Å². The van der Waals surface area contributed by atoms with E-state index in [1.165, 1.54) is 24.3 Å². The number of carboxylic acid groups (broad SMARTS) is 2. The fraction of sp³-hybridized carbons (Fsp3) is 0.400. The van der Waals surface area contributed by atoms with E-state index in [1.54, 1.807) is 0 Å². The Morgan fingerprint density at radius 2 is 1.71 bits per heavy atom. The predicted molar refractivity (Wildman–Crippen MR) is 72.0 cm³/mol. The molecule has 114 valence electrons. The summed E-state index contributed by atoms with van der Waals surface area (Å²) in [5.74, 6) is -3.37. The fourth-order valence-electron chi connectivity index (χ4n) is 1.95. The van der Waals surface area contributed by atoms with Crippen molar-refractivity contribution in [3.05, 3.63) is 29.8 Å². The first-order valence-corrected chi connectivity index (χ1v) is 6.76. The topological polar surface area (TPSA) is 109 Å². The van der Waals surface area contributed by atoms with Gasteiger partial charge in [-0.2, -0.15) is 0 Å². The van der Waals surface area contributed by atoms with Gasteiger partial charge in [-0.05, 0) is 36.5 Å². The summed E-state index contributed by atoms with van der Waals surface area (Å²) in [5.41, 5.74) is 0.471. The van der Waals surface area contributed by atoms with Crippen molar-refractivity contribution in [2.24, 2.45) is 5.92 Å². The third-order valence-electron chi connectivity index (χ3n) is 3.09. The van der Waals surface area contributed by atoms with Crippen LogP contribution in [0.3, 0.4) is 0 Å². The first-order chi connectivity index (χ1) is 9.93. The molecule has 1 amide bonds. The molecule has 1 rings (SSSR count). The summed E-state index contributed by atoms with van der Waals surface area (Å²) in [6.45, 7) is 1.87. The molecule has 0 fully saturated rings. The van der Waals surface area contributed by atoms with Gasteiger partial charge in [0.1, 0.15) is 0 Å². The van der Waals surface area contributed by atoms with Crippen molar-refractivity contribution in [1.29, 1.82) is 0 Å². The smallest absolute Gasteiger partial charge is 0.224 e. The monoisotopic (exact) mass is 291 g/mol. The van der Waals surface area contributed by atoms with E-state index in [-0.39, 0.29) is 24.3 Å². The molecule has 0 saturated carbocycles. The molecule has 1 aromatic rings. The maximum atomic E-state index is 11.7. The number of nitrogens with one attached hydrogen (secondary N) is 1. The van der Waals surface area contributed by atoms with Crippen LogP contribution in [0.5, 0.6) is 0 Å². The lowest BCUT2D eigenvalue weighted by atomic mass is 9.98. The summed E-state index contributed by atoms with van der Waals surface area (Å²) in [7, 11) is 0. The molecule has 0 bridgehead atoms. The molecule has 6 heteroatoms.